The van der Waals surface area contributed by atoms with Crippen LogP contribution in [0.4, 0.5) is 0 Å². The van der Waals surface area contributed by atoms with E-state index in [0.717, 1.165) is 0 Å². The minimum atomic E-state index is -0.220. The summed E-state index contributed by atoms with van der Waals surface area (Å²) in [6.07, 6.45) is 3.16. The first-order chi connectivity index (χ1) is 12.1. The Bertz CT molecular complexity index is 937. The van der Waals surface area contributed by atoms with E-state index in [1.807, 2.05) is 19.9 Å². The molecule has 8 heteroatoms. The second-order valence-electron chi connectivity index (χ2n) is 5.41. The molecule has 0 saturated carbocycles. The van der Waals surface area contributed by atoms with E-state index in [0.29, 0.717) is 28.5 Å². The number of hydrogen-bond acceptors (Lipinski definition) is 6. The lowest BCUT2D eigenvalue weighted by molar-refractivity contribution is -0.119. The largest absolute Gasteiger partial charge is 0.467 e. The monoisotopic (exact) mass is 358 g/mol. The highest BCUT2D eigenvalue weighted by Crippen LogP contribution is 2.18. The summed E-state index contributed by atoms with van der Waals surface area (Å²) in [4.78, 5) is 33.2. The molecule has 3 aromatic heterocycles. The van der Waals surface area contributed by atoms with E-state index in [9.17, 15) is 9.59 Å². The molecule has 0 radical (unpaired) electrons. The minimum absolute atomic E-state index is 0.146. The van der Waals surface area contributed by atoms with Crippen LogP contribution in [0.25, 0.3) is 11.0 Å². The van der Waals surface area contributed by atoms with Gasteiger partial charge < -0.3 is 9.73 Å². The average molecular weight is 358 g/mol. The zero-order chi connectivity index (χ0) is 17.8. The average Bonchev–Trinajstić information content (AvgIpc) is 3.15. The summed E-state index contributed by atoms with van der Waals surface area (Å²) < 4.78 is 6.83. The van der Waals surface area contributed by atoms with Crippen molar-refractivity contribution in [3.8, 4) is 0 Å². The Hall–Kier alpha value is -2.61. The van der Waals surface area contributed by atoms with Crippen molar-refractivity contribution >= 4 is 28.7 Å². The smallest absolute Gasteiger partial charge is 0.263 e. The van der Waals surface area contributed by atoms with Crippen LogP contribution in [0, 0.1) is 0 Å². The number of pyridine rings is 1. The fourth-order valence-corrected chi connectivity index (χ4v) is 3.31. The van der Waals surface area contributed by atoms with Gasteiger partial charge >= 0.3 is 0 Å². The SMILES string of the molecule is CCn1c(SCC(=O)N[C@H](C)c2ccco2)nc2ncccc2c1=O. The molecular formula is C17H18N4O3S. The second kappa shape index (κ2) is 7.52. The molecule has 3 aromatic rings. The normalized spacial score (nSPS) is 12.2. The molecule has 25 heavy (non-hydrogen) atoms. The van der Waals surface area contributed by atoms with Crippen molar-refractivity contribution in [1.29, 1.82) is 0 Å². The van der Waals surface area contributed by atoms with Gasteiger partial charge in [-0.15, -0.1) is 0 Å². The lowest BCUT2D eigenvalue weighted by Gasteiger charge is -2.13. The molecule has 1 N–H and O–H groups in total. The number of thioether (sulfide) groups is 1. The Morgan fingerprint density at radius 1 is 1.40 bits per heavy atom. The van der Waals surface area contributed by atoms with Gasteiger partial charge in [0, 0.05) is 12.7 Å². The van der Waals surface area contributed by atoms with E-state index in [-0.39, 0.29) is 23.3 Å². The number of nitrogens with zero attached hydrogens (tertiary/aromatic N) is 3. The van der Waals surface area contributed by atoms with Crippen molar-refractivity contribution in [2.24, 2.45) is 0 Å². The topological polar surface area (TPSA) is 90.0 Å². The van der Waals surface area contributed by atoms with E-state index < -0.39 is 0 Å². The molecule has 3 rings (SSSR count). The van der Waals surface area contributed by atoms with Crippen LogP contribution < -0.4 is 10.9 Å². The first kappa shape index (κ1) is 17.2. The van der Waals surface area contributed by atoms with Crippen LogP contribution in [-0.4, -0.2) is 26.2 Å². The molecule has 0 spiro atoms. The maximum atomic E-state index is 12.5. The Labute approximate surface area is 148 Å². The van der Waals surface area contributed by atoms with Crippen LogP contribution in [0.1, 0.15) is 25.6 Å². The summed E-state index contributed by atoms with van der Waals surface area (Å²) in [5.74, 6) is 0.680. The molecular weight excluding hydrogens is 340 g/mol. The number of furan rings is 1. The zero-order valence-electron chi connectivity index (χ0n) is 13.9. The summed E-state index contributed by atoms with van der Waals surface area (Å²) >= 11 is 1.22. The third-order valence-corrected chi connectivity index (χ3v) is 4.67. The van der Waals surface area contributed by atoms with E-state index in [2.05, 4.69) is 15.3 Å². The van der Waals surface area contributed by atoms with E-state index in [1.54, 1.807) is 35.2 Å². The summed E-state index contributed by atoms with van der Waals surface area (Å²) in [5.41, 5.74) is 0.247. The second-order valence-corrected chi connectivity index (χ2v) is 6.35. The highest BCUT2D eigenvalue weighted by atomic mass is 32.2. The molecule has 1 atom stereocenters. The van der Waals surface area contributed by atoms with Crippen LogP contribution in [-0.2, 0) is 11.3 Å². The molecule has 7 nitrogen and oxygen atoms in total. The van der Waals surface area contributed by atoms with Crippen LogP contribution in [0.2, 0.25) is 0 Å². The molecule has 0 bridgehead atoms. The van der Waals surface area contributed by atoms with Gasteiger partial charge in [0.1, 0.15) is 5.76 Å². The lowest BCUT2D eigenvalue weighted by atomic mass is 10.2. The van der Waals surface area contributed by atoms with Gasteiger partial charge in [-0.2, -0.15) is 0 Å². The van der Waals surface area contributed by atoms with Crippen molar-refractivity contribution in [3.63, 3.8) is 0 Å². The van der Waals surface area contributed by atoms with Crippen molar-refractivity contribution in [1.82, 2.24) is 19.9 Å². The Morgan fingerprint density at radius 2 is 2.24 bits per heavy atom. The van der Waals surface area contributed by atoms with Crippen LogP contribution >= 0.6 is 11.8 Å². The summed E-state index contributed by atoms with van der Waals surface area (Å²) in [7, 11) is 0. The van der Waals surface area contributed by atoms with Gasteiger partial charge in [-0.05, 0) is 38.1 Å². The van der Waals surface area contributed by atoms with Gasteiger partial charge in [-0.3, -0.25) is 14.2 Å². The third kappa shape index (κ3) is 3.74. The number of aromatic nitrogens is 3. The predicted molar refractivity (Wildman–Crippen MR) is 95.5 cm³/mol. The number of hydrogen-bond donors (Lipinski definition) is 1. The van der Waals surface area contributed by atoms with Crippen molar-refractivity contribution in [3.05, 3.63) is 52.8 Å². The van der Waals surface area contributed by atoms with Gasteiger partial charge in [0.25, 0.3) is 5.56 Å². The summed E-state index contributed by atoms with van der Waals surface area (Å²) in [5, 5.41) is 3.82. The number of rotatable bonds is 6. The third-order valence-electron chi connectivity index (χ3n) is 3.69. The number of carbonyl (C=O) groups is 1. The van der Waals surface area contributed by atoms with Crippen LogP contribution in [0.15, 0.2) is 51.1 Å². The van der Waals surface area contributed by atoms with Crippen LogP contribution in [0.3, 0.4) is 0 Å². The van der Waals surface area contributed by atoms with Gasteiger partial charge in [-0.25, -0.2) is 9.97 Å². The van der Waals surface area contributed by atoms with Crippen molar-refractivity contribution < 1.29 is 9.21 Å². The number of fused-ring (bicyclic) bond motifs is 1. The molecule has 0 saturated heterocycles. The Morgan fingerprint density at radius 3 is 2.96 bits per heavy atom. The molecule has 3 heterocycles. The molecule has 0 aromatic carbocycles. The molecule has 0 fully saturated rings. The number of carbonyl (C=O) groups excluding carboxylic acids is 1. The predicted octanol–water partition coefficient (Wildman–Crippen LogP) is 2.37. The highest BCUT2D eigenvalue weighted by Gasteiger charge is 2.15. The van der Waals surface area contributed by atoms with Crippen LogP contribution in [0.5, 0.6) is 0 Å². The van der Waals surface area contributed by atoms with Gasteiger partial charge in [0.05, 0.1) is 23.4 Å². The first-order valence-corrected chi connectivity index (χ1v) is 8.89. The molecule has 0 unspecified atom stereocenters. The number of nitrogens with one attached hydrogen (secondary N) is 1. The molecule has 130 valence electrons. The Balaban J connectivity index is 1.74. The van der Waals surface area contributed by atoms with E-state index >= 15 is 0 Å². The fraction of sp³-hybridized carbons (Fsp3) is 0.294. The molecule has 1 amide bonds. The molecule has 0 aliphatic rings. The van der Waals surface area contributed by atoms with Gasteiger partial charge in [0.15, 0.2) is 10.8 Å². The Kier molecular flexibility index (Phi) is 5.18. The van der Waals surface area contributed by atoms with Crippen molar-refractivity contribution in [2.75, 3.05) is 5.75 Å². The summed E-state index contributed by atoms with van der Waals surface area (Å²) in [6.45, 7) is 4.19. The molecule has 0 aliphatic carbocycles. The zero-order valence-corrected chi connectivity index (χ0v) is 14.7. The van der Waals surface area contributed by atoms with E-state index in [4.69, 9.17) is 4.42 Å². The standard InChI is InChI=1S/C17H18N4O3S/c1-3-21-16(23)12-6-4-8-18-15(12)20-17(21)25-10-14(22)19-11(2)13-7-5-9-24-13/h4-9,11H,3,10H2,1-2H3,(H,19,22)/t11-/m1/s1. The van der Waals surface area contributed by atoms with Gasteiger partial charge in [-0.1, -0.05) is 11.8 Å². The maximum absolute atomic E-state index is 12.5. The highest BCUT2D eigenvalue weighted by molar-refractivity contribution is 7.99. The minimum Gasteiger partial charge on any atom is -0.467 e. The summed E-state index contributed by atoms with van der Waals surface area (Å²) in [6, 6.07) is 6.78. The number of amides is 1. The molecule has 0 aliphatic heterocycles. The first-order valence-electron chi connectivity index (χ1n) is 7.91. The van der Waals surface area contributed by atoms with Gasteiger partial charge in [0.2, 0.25) is 5.91 Å². The fourth-order valence-electron chi connectivity index (χ4n) is 2.45. The lowest BCUT2D eigenvalue weighted by Crippen LogP contribution is -2.29. The van der Waals surface area contributed by atoms with E-state index in [1.165, 1.54) is 11.8 Å². The quantitative estimate of drug-likeness (QED) is 0.537. The maximum Gasteiger partial charge on any atom is 0.263 e. The van der Waals surface area contributed by atoms with Crippen molar-refractivity contribution in [2.45, 2.75) is 31.6 Å².